The van der Waals surface area contributed by atoms with Gasteiger partial charge in [0.2, 0.25) is 0 Å². The van der Waals surface area contributed by atoms with Crippen molar-refractivity contribution in [3.63, 3.8) is 0 Å². The van der Waals surface area contributed by atoms with Gasteiger partial charge in [-0.05, 0) is 11.6 Å². The van der Waals surface area contributed by atoms with Crippen LogP contribution in [0.5, 0.6) is 0 Å². The summed E-state index contributed by atoms with van der Waals surface area (Å²) < 4.78 is 1.64. The number of anilines is 1. The Morgan fingerprint density at radius 2 is 2.05 bits per heavy atom. The van der Waals surface area contributed by atoms with Crippen LogP contribution in [0, 0.1) is 0 Å². The van der Waals surface area contributed by atoms with Gasteiger partial charge in [0, 0.05) is 48.2 Å². The highest BCUT2D eigenvalue weighted by molar-refractivity contribution is 6.01. The van der Waals surface area contributed by atoms with Gasteiger partial charge in [0.05, 0.1) is 0 Å². The first-order valence-corrected chi connectivity index (χ1v) is 6.28. The minimum Gasteiger partial charge on any atom is -0.380 e. The molecule has 3 aromatic rings. The van der Waals surface area contributed by atoms with Crippen molar-refractivity contribution in [1.82, 2.24) is 9.55 Å². The van der Waals surface area contributed by atoms with E-state index in [2.05, 4.69) is 22.4 Å². The molecule has 1 aromatic carbocycles. The summed E-state index contributed by atoms with van der Waals surface area (Å²) in [5, 5.41) is 4.47. The second-order valence-corrected chi connectivity index (χ2v) is 4.92. The number of rotatable bonds is 0. The number of fused-ring (bicyclic) bond motifs is 2. The molecule has 0 saturated heterocycles. The molecule has 2 aromatic heterocycles. The van der Waals surface area contributed by atoms with E-state index < -0.39 is 0 Å². The summed E-state index contributed by atoms with van der Waals surface area (Å²) in [7, 11) is 1.79. The van der Waals surface area contributed by atoms with E-state index in [0.717, 1.165) is 34.3 Å². The fraction of sp³-hybridized carbons (Fsp3) is 0.133. The number of nitrogens with one attached hydrogen (secondary N) is 2. The summed E-state index contributed by atoms with van der Waals surface area (Å²) in [5.41, 5.74) is 5.20. The van der Waals surface area contributed by atoms with Gasteiger partial charge in [0.15, 0.2) is 0 Å². The Bertz CT molecular complexity index is 857. The van der Waals surface area contributed by atoms with E-state index >= 15 is 0 Å². The van der Waals surface area contributed by atoms with Crippen LogP contribution in [0.1, 0.15) is 5.56 Å². The van der Waals surface area contributed by atoms with Gasteiger partial charge < -0.3 is 14.9 Å². The van der Waals surface area contributed by atoms with Crippen molar-refractivity contribution in [1.29, 1.82) is 0 Å². The van der Waals surface area contributed by atoms with Crippen LogP contribution >= 0.6 is 0 Å². The molecule has 94 valence electrons. The molecule has 3 heterocycles. The molecule has 1 aliphatic rings. The van der Waals surface area contributed by atoms with Crippen LogP contribution in [-0.4, -0.2) is 9.55 Å². The zero-order chi connectivity index (χ0) is 13.0. The van der Waals surface area contributed by atoms with E-state index in [4.69, 9.17) is 0 Å². The summed E-state index contributed by atoms with van der Waals surface area (Å²) in [6.07, 6.45) is 3.85. The lowest BCUT2D eigenvalue weighted by Gasteiger charge is -2.09. The number of hydrogen-bond acceptors (Lipinski definition) is 2. The van der Waals surface area contributed by atoms with Crippen molar-refractivity contribution >= 4 is 16.6 Å². The first kappa shape index (κ1) is 10.4. The minimum absolute atomic E-state index is 0.0179. The smallest absolute Gasteiger partial charge is 0.274 e. The molecule has 4 rings (SSSR count). The zero-order valence-corrected chi connectivity index (χ0v) is 10.5. The van der Waals surface area contributed by atoms with E-state index in [1.54, 1.807) is 11.6 Å². The molecule has 4 heteroatoms. The number of pyridine rings is 1. The van der Waals surface area contributed by atoms with E-state index in [9.17, 15) is 4.79 Å². The Kier molecular flexibility index (Phi) is 1.93. The van der Waals surface area contributed by atoms with E-state index in [1.165, 1.54) is 0 Å². The number of aryl methyl sites for hydroxylation is 1. The SMILES string of the molecule is Cn1cc2c3c(c[nH]c3c1=O)CNc1ccccc1-2. The number of aromatic nitrogens is 2. The molecule has 0 atom stereocenters. The lowest BCUT2D eigenvalue weighted by Crippen LogP contribution is -2.16. The second-order valence-electron chi connectivity index (χ2n) is 4.92. The summed E-state index contributed by atoms with van der Waals surface area (Å²) >= 11 is 0. The lowest BCUT2D eigenvalue weighted by molar-refractivity contribution is 0.872. The predicted molar refractivity (Wildman–Crippen MR) is 76.3 cm³/mol. The maximum Gasteiger partial charge on any atom is 0.274 e. The summed E-state index contributed by atoms with van der Waals surface area (Å²) in [6, 6.07) is 8.20. The van der Waals surface area contributed by atoms with Gasteiger partial charge in [-0.15, -0.1) is 0 Å². The molecule has 0 fully saturated rings. The van der Waals surface area contributed by atoms with Crippen molar-refractivity contribution in [3.8, 4) is 11.1 Å². The second kappa shape index (κ2) is 3.51. The monoisotopic (exact) mass is 251 g/mol. The summed E-state index contributed by atoms with van der Waals surface area (Å²) in [4.78, 5) is 15.3. The predicted octanol–water partition coefficient (Wildman–Crippen LogP) is 2.46. The maximum absolute atomic E-state index is 12.2. The van der Waals surface area contributed by atoms with Gasteiger partial charge >= 0.3 is 0 Å². The molecule has 0 bridgehead atoms. The van der Waals surface area contributed by atoms with Crippen molar-refractivity contribution in [2.45, 2.75) is 6.54 Å². The molecule has 0 radical (unpaired) electrons. The van der Waals surface area contributed by atoms with Gasteiger partial charge in [0.1, 0.15) is 5.52 Å². The topological polar surface area (TPSA) is 49.8 Å². The van der Waals surface area contributed by atoms with Gasteiger partial charge in [-0.1, -0.05) is 18.2 Å². The summed E-state index contributed by atoms with van der Waals surface area (Å²) in [5.74, 6) is 0. The fourth-order valence-electron chi connectivity index (χ4n) is 2.84. The highest BCUT2D eigenvalue weighted by Crippen LogP contribution is 2.36. The normalized spacial score (nSPS) is 12.9. The number of H-pyrrole nitrogens is 1. The molecule has 1 aliphatic heterocycles. The molecule has 4 nitrogen and oxygen atoms in total. The van der Waals surface area contributed by atoms with Crippen molar-refractivity contribution in [2.24, 2.45) is 7.05 Å². The molecular weight excluding hydrogens is 238 g/mol. The quantitative estimate of drug-likeness (QED) is 0.645. The Hall–Kier alpha value is -2.49. The zero-order valence-electron chi connectivity index (χ0n) is 10.5. The van der Waals surface area contributed by atoms with Crippen LogP contribution in [-0.2, 0) is 13.6 Å². The number of benzene rings is 1. The Morgan fingerprint density at radius 3 is 2.95 bits per heavy atom. The van der Waals surface area contributed by atoms with Crippen LogP contribution in [0.4, 0.5) is 5.69 Å². The molecule has 0 saturated carbocycles. The fourth-order valence-corrected chi connectivity index (χ4v) is 2.84. The third-order valence-corrected chi connectivity index (χ3v) is 3.77. The third-order valence-electron chi connectivity index (χ3n) is 3.77. The Morgan fingerprint density at radius 1 is 1.21 bits per heavy atom. The van der Waals surface area contributed by atoms with E-state index in [1.807, 2.05) is 24.5 Å². The van der Waals surface area contributed by atoms with Gasteiger partial charge in [0.25, 0.3) is 5.56 Å². The van der Waals surface area contributed by atoms with Crippen LogP contribution in [0.2, 0.25) is 0 Å². The average Bonchev–Trinajstić information content (AvgIpc) is 2.79. The highest BCUT2D eigenvalue weighted by atomic mass is 16.1. The first-order chi connectivity index (χ1) is 9.25. The molecule has 0 aliphatic carbocycles. The van der Waals surface area contributed by atoms with Crippen molar-refractivity contribution in [2.75, 3.05) is 5.32 Å². The Labute approximate surface area is 109 Å². The van der Waals surface area contributed by atoms with Crippen molar-refractivity contribution in [3.05, 3.63) is 52.6 Å². The number of para-hydroxylation sites is 1. The number of nitrogens with zero attached hydrogens (tertiary/aromatic N) is 1. The number of hydrogen-bond donors (Lipinski definition) is 2. The van der Waals surface area contributed by atoms with Gasteiger partial charge in [-0.3, -0.25) is 4.79 Å². The highest BCUT2D eigenvalue weighted by Gasteiger charge is 2.19. The van der Waals surface area contributed by atoms with Crippen molar-refractivity contribution < 1.29 is 0 Å². The standard InChI is InChI=1S/C15H13N3O/c1-18-8-11-10-4-2-3-5-12(10)16-6-9-7-17-14(13(9)11)15(18)19/h2-5,7-8,16-17H,6H2,1H3. The average molecular weight is 251 g/mol. The van der Waals surface area contributed by atoms with Crippen LogP contribution in [0.25, 0.3) is 22.0 Å². The molecule has 2 N–H and O–H groups in total. The van der Waals surface area contributed by atoms with Crippen LogP contribution < -0.4 is 10.9 Å². The van der Waals surface area contributed by atoms with E-state index in [0.29, 0.717) is 5.52 Å². The van der Waals surface area contributed by atoms with Gasteiger partial charge in [-0.2, -0.15) is 0 Å². The molecule has 19 heavy (non-hydrogen) atoms. The molecule has 0 unspecified atom stereocenters. The lowest BCUT2D eigenvalue weighted by atomic mass is 10.0. The van der Waals surface area contributed by atoms with E-state index in [-0.39, 0.29) is 5.56 Å². The molecule has 0 amide bonds. The molecule has 0 spiro atoms. The Balaban J connectivity index is 2.23. The number of aromatic amines is 1. The summed E-state index contributed by atoms with van der Waals surface area (Å²) in [6.45, 7) is 0.733. The van der Waals surface area contributed by atoms with Gasteiger partial charge in [-0.25, -0.2) is 0 Å². The first-order valence-electron chi connectivity index (χ1n) is 6.28. The third kappa shape index (κ3) is 1.31. The largest absolute Gasteiger partial charge is 0.380 e. The maximum atomic E-state index is 12.2. The minimum atomic E-state index is 0.0179. The van der Waals surface area contributed by atoms with Crippen LogP contribution in [0.15, 0.2) is 41.5 Å². The van der Waals surface area contributed by atoms with Crippen LogP contribution in [0.3, 0.4) is 0 Å². The molecular formula is C15H13N3O.